The van der Waals surface area contributed by atoms with Gasteiger partial charge in [0.25, 0.3) is 22.2 Å². The van der Waals surface area contributed by atoms with Crippen LogP contribution in [-0.2, 0) is 31.6 Å². The summed E-state index contributed by atoms with van der Waals surface area (Å²) in [5, 5.41) is 24.0. The fourth-order valence-electron chi connectivity index (χ4n) is 16.8. The molecule has 8 N–H and O–H groups in total. The maximum Gasteiger partial charge on any atom is 0.267 e. The first-order valence-electron chi connectivity index (χ1n) is 42.6. The zero-order valence-corrected chi connectivity index (χ0v) is 74.5. The Kier molecular flexibility index (Phi) is 22.1. The van der Waals surface area contributed by atoms with Gasteiger partial charge in [-0.2, -0.15) is 20.4 Å². The number of hydrogen-bond acceptors (Lipinski definition) is 28. The predicted octanol–water partition coefficient (Wildman–Crippen LogP) is 12.3. The van der Waals surface area contributed by atoms with E-state index in [9.17, 15) is 19.2 Å². The standard InChI is InChI=1S/C25H26N8O.C24H22N8O.C24H24N8O.C22H20N8O/c1-14-8-6-7-9-16(14)33-17(30-22-18(24(33)34)15(2)10-11-27-22)12-32-23-19(21(26)28-13-29-23)20(31-32)25(3,4)5;1-13-5-3-4-6-16(13)32-17(29-22-18(24(32)33)14(2)9-10-26-22)11-31-23-19(21(25)27-12-28-23)20(30-31)15-7-8-15;1-13(2)20-19-21(25)27-12-28-23(19)31(30-20)11-17-29-22-18(15(4)9-10-26-22)24(33)32(17)16-8-6-5-7-14(16)3;1-12-6-4-5-7-15(12)30-16(27-20-17(22(30)31)13(2)8-9-24-20)10-29-21-18(14(3)28-29)19(23)25-11-26-21/h6-11,13H,12H2,1-5H3,(H2,26,28,29);3-6,9-10,12,15H,7-8,11H2,1-2H3,(H2,25,27,28);5-10,12-13H,11H2,1-4H3,(H2,25,27,28);4-9,11H,10H2,1-3H3,(H2,23,25,26). The highest BCUT2D eigenvalue weighted by atomic mass is 16.1. The van der Waals surface area contributed by atoms with E-state index in [1.807, 2.05) is 197 Å². The number of benzene rings is 4. The van der Waals surface area contributed by atoms with E-state index in [0.29, 0.717) is 130 Å². The van der Waals surface area contributed by atoms with Crippen LogP contribution in [0.15, 0.2) is 191 Å². The van der Waals surface area contributed by atoms with Crippen molar-refractivity contribution >= 4 is 112 Å². The molecule has 36 heteroatoms. The Bertz CT molecular complexity index is 8040. The van der Waals surface area contributed by atoms with Gasteiger partial charge in [-0.3, -0.25) is 37.4 Å². The van der Waals surface area contributed by atoms with Gasteiger partial charge in [0.15, 0.2) is 45.2 Å². The van der Waals surface area contributed by atoms with Crippen molar-refractivity contribution in [1.82, 2.24) is 137 Å². The molecular weight excluding hydrogens is 1650 g/mol. The van der Waals surface area contributed by atoms with Crippen LogP contribution in [-0.4, -0.2) is 137 Å². The quantitative estimate of drug-likeness (QED) is 0.0785. The van der Waals surface area contributed by atoms with Gasteiger partial charge in [-0.15, -0.1) is 0 Å². The molecule has 0 atom stereocenters. The number of pyridine rings is 4. The van der Waals surface area contributed by atoms with Crippen LogP contribution in [0.2, 0.25) is 0 Å². The van der Waals surface area contributed by atoms with Gasteiger partial charge in [0.2, 0.25) is 0 Å². The molecule has 0 aliphatic heterocycles. The van der Waals surface area contributed by atoms with Crippen LogP contribution in [0.5, 0.6) is 0 Å². The number of hydrogen-bond donors (Lipinski definition) is 4. The molecule has 0 unspecified atom stereocenters. The summed E-state index contributed by atoms with van der Waals surface area (Å²) < 4.78 is 13.6. The van der Waals surface area contributed by atoms with E-state index in [0.717, 1.165) is 113 Å². The second-order valence-electron chi connectivity index (χ2n) is 34.0. The van der Waals surface area contributed by atoms with Crippen molar-refractivity contribution in [3.8, 4) is 22.7 Å². The Hall–Kier alpha value is -16.6. The smallest absolute Gasteiger partial charge is 0.267 e. The van der Waals surface area contributed by atoms with Crippen molar-refractivity contribution in [2.45, 2.75) is 153 Å². The zero-order chi connectivity index (χ0) is 91.9. The molecule has 16 heterocycles. The second-order valence-corrected chi connectivity index (χ2v) is 34.0. The summed E-state index contributed by atoms with van der Waals surface area (Å²) in [4.78, 5) is 126. The minimum Gasteiger partial charge on any atom is -0.383 e. The van der Waals surface area contributed by atoms with Gasteiger partial charge >= 0.3 is 0 Å². The Labute approximate surface area is 747 Å². The lowest BCUT2D eigenvalue weighted by Gasteiger charge is -2.17. The lowest BCUT2D eigenvalue weighted by Crippen LogP contribution is -2.27. The summed E-state index contributed by atoms with van der Waals surface area (Å²) >= 11 is 0. The third kappa shape index (κ3) is 15.6. The van der Waals surface area contributed by atoms with E-state index in [2.05, 4.69) is 85.7 Å². The largest absolute Gasteiger partial charge is 0.383 e. The van der Waals surface area contributed by atoms with Gasteiger partial charge in [-0.05, 0) is 174 Å². The molecule has 1 aliphatic rings. The Morgan fingerprint density at radius 3 is 0.954 bits per heavy atom. The normalized spacial score (nSPS) is 12.2. The fraction of sp³-hybridized carbons (Fsp3) is 0.242. The Morgan fingerprint density at radius 1 is 0.328 bits per heavy atom. The summed E-state index contributed by atoms with van der Waals surface area (Å²) in [6.45, 7) is 28.5. The summed E-state index contributed by atoms with van der Waals surface area (Å²) in [6.07, 6.45) is 14.5. The lowest BCUT2D eigenvalue weighted by atomic mass is 9.90. The number of anilines is 4. The van der Waals surface area contributed by atoms with Crippen molar-refractivity contribution in [3.05, 3.63) is 303 Å². The highest BCUT2D eigenvalue weighted by molar-refractivity contribution is 5.92. The van der Waals surface area contributed by atoms with E-state index in [1.54, 1.807) is 61.8 Å². The number of nitrogens with zero attached hydrogens (tertiary/aromatic N) is 28. The van der Waals surface area contributed by atoms with Crippen LogP contribution in [0.3, 0.4) is 0 Å². The maximum absolute atomic E-state index is 13.8. The minimum atomic E-state index is -0.284. The lowest BCUT2D eigenvalue weighted by molar-refractivity contribution is 0.544. The van der Waals surface area contributed by atoms with E-state index in [1.165, 1.54) is 25.3 Å². The van der Waals surface area contributed by atoms with E-state index >= 15 is 0 Å². The maximum atomic E-state index is 13.8. The first kappa shape index (κ1) is 85.2. The van der Waals surface area contributed by atoms with Crippen molar-refractivity contribution in [3.63, 3.8) is 0 Å². The molecule has 36 nitrogen and oxygen atoms in total. The number of aromatic nitrogens is 28. The number of rotatable bonds is 14. The van der Waals surface area contributed by atoms with Gasteiger partial charge in [-0.25, -0.2) is 98.5 Å². The number of para-hydroxylation sites is 4. The SMILES string of the molecule is Cc1ccccc1-n1c(Cn2nc(C(C)(C)C)c3c(N)ncnc32)nc2nccc(C)c2c1=O.Cc1ccccc1-n1c(Cn2nc(C(C)C)c3c(N)ncnc32)nc2nccc(C)c2c1=O.Cc1ccccc1-n1c(Cn2nc(C)c3c(N)ncnc32)nc2nccc(C)c2c1=O.Cc1ccccc1-n1c(Cn2nc(C3CC3)c3c(N)ncnc32)nc2nccc(C)c2c1=O. The molecular formula is C95H92N32O4. The number of nitrogens with two attached hydrogens (primary N) is 4. The molecule has 131 heavy (non-hydrogen) atoms. The Balaban J connectivity index is 0.000000117. The van der Waals surface area contributed by atoms with Crippen LogP contribution in [0.4, 0.5) is 23.3 Å². The second kappa shape index (κ2) is 34.0. The Morgan fingerprint density at radius 2 is 0.618 bits per heavy atom. The van der Waals surface area contributed by atoms with Gasteiger partial charge in [0.05, 0.1) is 88.6 Å². The van der Waals surface area contributed by atoms with Gasteiger partial charge in [-0.1, -0.05) is 107 Å². The van der Waals surface area contributed by atoms with Crippen molar-refractivity contribution in [1.29, 1.82) is 0 Å². The molecule has 0 saturated heterocycles. The highest BCUT2D eigenvalue weighted by Crippen LogP contribution is 2.44. The van der Waals surface area contributed by atoms with Crippen LogP contribution in [0.25, 0.3) is 111 Å². The van der Waals surface area contributed by atoms with E-state index in [-0.39, 0.29) is 59.7 Å². The molecule has 0 bridgehead atoms. The summed E-state index contributed by atoms with van der Waals surface area (Å²) in [7, 11) is 0. The first-order valence-corrected chi connectivity index (χ1v) is 42.6. The average Bonchev–Trinajstić information content (AvgIpc) is 1.47. The molecule has 0 spiro atoms. The average molecular weight is 1750 g/mol. The molecule has 16 aromatic heterocycles. The molecule has 656 valence electrons. The molecule has 20 aromatic rings. The molecule has 1 fully saturated rings. The van der Waals surface area contributed by atoms with Crippen LogP contribution < -0.4 is 45.2 Å². The topological polar surface area (TPSA) is 470 Å². The van der Waals surface area contributed by atoms with Crippen LogP contribution >= 0.6 is 0 Å². The van der Waals surface area contributed by atoms with Crippen LogP contribution in [0.1, 0.15) is 150 Å². The third-order valence-corrected chi connectivity index (χ3v) is 23.5. The zero-order valence-electron chi connectivity index (χ0n) is 74.5. The van der Waals surface area contributed by atoms with Crippen molar-refractivity contribution < 1.29 is 0 Å². The predicted molar refractivity (Wildman–Crippen MR) is 503 cm³/mol. The van der Waals surface area contributed by atoms with Crippen molar-refractivity contribution in [2.24, 2.45) is 0 Å². The molecule has 1 aliphatic carbocycles. The number of fused-ring (bicyclic) bond motifs is 8. The molecule has 0 radical (unpaired) electrons. The van der Waals surface area contributed by atoms with Gasteiger partial charge in [0, 0.05) is 36.1 Å². The monoisotopic (exact) mass is 1740 g/mol. The third-order valence-electron chi connectivity index (χ3n) is 23.5. The van der Waals surface area contributed by atoms with Crippen molar-refractivity contribution in [2.75, 3.05) is 22.9 Å². The molecule has 1 saturated carbocycles. The summed E-state index contributed by atoms with van der Waals surface area (Å²) in [5.41, 5.74) is 41.3. The molecule has 21 rings (SSSR count). The number of aryl methyl sites for hydroxylation is 9. The fourth-order valence-corrected chi connectivity index (χ4v) is 16.8. The first-order chi connectivity index (χ1) is 63.0. The van der Waals surface area contributed by atoms with Gasteiger partial charge in [0.1, 0.15) is 98.1 Å². The van der Waals surface area contributed by atoms with E-state index in [4.69, 9.17) is 58.2 Å². The van der Waals surface area contributed by atoms with Gasteiger partial charge < -0.3 is 22.9 Å². The minimum absolute atomic E-state index is 0.120. The highest BCUT2D eigenvalue weighted by Gasteiger charge is 2.33. The molecule has 0 amide bonds. The number of nitrogen functional groups attached to an aromatic ring is 4. The van der Waals surface area contributed by atoms with Crippen LogP contribution in [0, 0.1) is 62.3 Å². The molecule has 4 aromatic carbocycles. The van der Waals surface area contributed by atoms with E-state index < -0.39 is 0 Å². The summed E-state index contributed by atoms with van der Waals surface area (Å²) in [6, 6.07) is 38.3. The summed E-state index contributed by atoms with van der Waals surface area (Å²) in [5.74, 6) is 4.10.